The van der Waals surface area contributed by atoms with Gasteiger partial charge in [-0.05, 0) is 39.3 Å². The van der Waals surface area contributed by atoms with E-state index >= 15 is 0 Å². The van der Waals surface area contributed by atoms with Gasteiger partial charge in [-0.25, -0.2) is 0 Å². The van der Waals surface area contributed by atoms with Gasteiger partial charge in [0.25, 0.3) is 0 Å². The van der Waals surface area contributed by atoms with Crippen LogP contribution < -0.4 is 0 Å². The molecule has 0 aromatic carbocycles. The van der Waals surface area contributed by atoms with Gasteiger partial charge >= 0.3 is 25.7 Å². The second-order valence-corrected chi connectivity index (χ2v) is 18.8. The fourth-order valence-corrected chi connectivity index (χ4v) is 19.1. The van der Waals surface area contributed by atoms with Crippen molar-refractivity contribution in [3.63, 3.8) is 0 Å². The molecule has 0 N–H and O–H groups in total. The predicted octanol–water partition coefficient (Wildman–Crippen LogP) is 1.42. The van der Waals surface area contributed by atoms with Gasteiger partial charge in [-0.2, -0.15) is 0 Å². The summed E-state index contributed by atoms with van der Waals surface area (Å²) < 4.78 is 24.0. The standard InChI is InChI=1S/C8H28O4Si5/c1-13-9-15(3,4)11-17(7,8)12-16(5,6)10-14-2/h13-14H2,1-8H3. The second-order valence-electron chi connectivity index (χ2n) is 5.27. The third-order valence-corrected chi connectivity index (χ3v) is 17.7. The maximum Gasteiger partial charge on any atom is 0.314 e. The van der Waals surface area contributed by atoms with Crippen molar-refractivity contribution in [1.29, 1.82) is 0 Å². The molecule has 0 amide bonds. The Morgan fingerprint density at radius 3 is 1.12 bits per heavy atom. The van der Waals surface area contributed by atoms with E-state index in [1.807, 2.05) is 0 Å². The molecule has 0 unspecified atom stereocenters. The van der Waals surface area contributed by atoms with Gasteiger partial charge in [0.15, 0.2) is 0 Å². The molecule has 0 aliphatic rings. The molecule has 0 saturated carbocycles. The normalized spacial score (nSPS) is 15.5. The summed E-state index contributed by atoms with van der Waals surface area (Å²) in [7, 11) is -6.94. The van der Waals surface area contributed by atoms with Crippen LogP contribution in [-0.4, -0.2) is 45.2 Å². The van der Waals surface area contributed by atoms with Gasteiger partial charge in [0, 0.05) is 0 Å². The fourth-order valence-electron chi connectivity index (χ4n) is 1.96. The minimum atomic E-state index is -2.13. The Balaban J connectivity index is 4.47. The molecular formula is C8H28O4Si5. The molecule has 0 radical (unpaired) electrons. The summed E-state index contributed by atoms with van der Waals surface area (Å²) in [6.07, 6.45) is 0. The van der Waals surface area contributed by atoms with E-state index in [0.717, 1.165) is 0 Å². The Hall–Kier alpha value is 0.924. The Labute approximate surface area is 114 Å². The smallest absolute Gasteiger partial charge is 0.314 e. The molecule has 0 spiro atoms. The molecule has 0 aromatic heterocycles. The van der Waals surface area contributed by atoms with Crippen molar-refractivity contribution < 1.29 is 16.5 Å². The van der Waals surface area contributed by atoms with Crippen LogP contribution in [0.2, 0.25) is 52.4 Å². The average Bonchev–Trinajstić information content (AvgIpc) is 1.96. The van der Waals surface area contributed by atoms with Gasteiger partial charge in [-0.15, -0.1) is 0 Å². The highest BCUT2D eigenvalue weighted by molar-refractivity contribution is 6.86. The predicted molar refractivity (Wildman–Crippen MR) is 85.6 cm³/mol. The average molecular weight is 329 g/mol. The fraction of sp³-hybridized carbons (Fsp3) is 1.00. The summed E-state index contributed by atoms with van der Waals surface area (Å²) in [6, 6.07) is 0. The first-order chi connectivity index (χ1) is 7.54. The molecule has 9 heteroatoms. The first-order valence-corrected chi connectivity index (χ1v) is 18.6. The van der Waals surface area contributed by atoms with Gasteiger partial charge in [0.2, 0.25) is 0 Å². The summed E-state index contributed by atoms with van der Waals surface area (Å²) in [4.78, 5) is 0. The molecule has 0 rings (SSSR count). The number of hydrogen-bond acceptors (Lipinski definition) is 4. The lowest BCUT2D eigenvalue weighted by Gasteiger charge is -2.37. The molecule has 0 saturated heterocycles. The van der Waals surface area contributed by atoms with Gasteiger partial charge in [-0.1, -0.05) is 13.1 Å². The van der Waals surface area contributed by atoms with E-state index in [0.29, 0.717) is 0 Å². The molecule has 0 atom stereocenters. The SMILES string of the molecule is C[SiH2]O[Si](C)(C)O[Si](C)(C)O[Si](C)(C)O[SiH2]C. The maximum absolute atomic E-state index is 6.19. The van der Waals surface area contributed by atoms with Crippen molar-refractivity contribution in [2.24, 2.45) is 0 Å². The van der Waals surface area contributed by atoms with Crippen LogP contribution in [0.25, 0.3) is 0 Å². The summed E-state index contributed by atoms with van der Waals surface area (Å²) in [5.74, 6) is 0. The first-order valence-electron chi connectivity index (χ1n) is 6.22. The Morgan fingerprint density at radius 2 is 0.882 bits per heavy atom. The monoisotopic (exact) mass is 328 g/mol. The summed E-state index contributed by atoms with van der Waals surface area (Å²) in [5, 5.41) is 0. The van der Waals surface area contributed by atoms with E-state index < -0.39 is 45.2 Å². The minimum Gasteiger partial charge on any atom is -0.442 e. The zero-order chi connectivity index (χ0) is 13.7. The molecule has 0 aliphatic carbocycles. The third-order valence-electron chi connectivity index (χ3n) is 1.97. The number of rotatable bonds is 8. The number of hydrogen-bond donors (Lipinski definition) is 0. The van der Waals surface area contributed by atoms with E-state index in [1.54, 1.807) is 0 Å². The van der Waals surface area contributed by atoms with Gasteiger partial charge in [-0.3, -0.25) is 0 Å². The molecular weight excluding hydrogens is 301 g/mol. The third kappa shape index (κ3) is 8.61. The Morgan fingerprint density at radius 1 is 0.588 bits per heavy atom. The maximum atomic E-state index is 6.19. The van der Waals surface area contributed by atoms with Crippen molar-refractivity contribution in [3.05, 3.63) is 0 Å². The molecule has 0 fully saturated rings. The topological polar surface area (TPSA) is 36.9 Å². The lowest BCUT2D eigenvalue weighted by molar-refractivity contribution is 0.308. The van der Waals surface area contributed by atoms with E-state index in [1.165, 1.54) is 0 Å². The highest BCUT2D eigenvalue weighted by Crippen LogP contribution is 2.21. The van der Waals surface area contributed by atoms with Crippen LogP contribution in [-0.2, 0) is 16.5 Å². The zero-order valence-electron chi connectivity index (χ0n) is 12.5. The van der Waals surface area contributed by atoms with Crippen molar-refractivity contribution in [2.45, 2.75) is 52.4 Å². The highest BCUT2D eigenvalue weighted by atomic mass is 28.5. The van der Waals surface area contributed by atoms with Crippen molar-refractivity contribution in [2.75, 3.05) is 0 Å². The van der Waals surface area contributed by atoms with Crippen LogP contribution in [0.1, 0.15) is 0 Å². The minimum absolute atomic E-state index is 0.420. The van der Waals surface area contributed by atoms with Gasteiger partial charge < -0.3 is 16.5 Å². The van der Waals surface area contributed by atoms with Crippen molar-refractivity contribution in [3.8, 4) is 0 Å². The molecule has 0 bridgehead atoms. The molecule has 4 nitrogen and oxygen atoms in total. The molecule has 104 valence electrons. The van der Waals surface area contributed by atoms with Crippen LogP contribution in [0, 0.1) is 0 Å². The van der Waals surface area contributed by atoms with Crippen LogP contribution in [0.4, 0.5) is 0 Å². The quantitative estimate of drug-likeness (QED) is 0.632. The first kappa shape index (κ1) is 17.9. The van der Waals surface area contributed by atoms with E-state index in [2.05, 4.69) is 52.4 Å². The zero-order valence-corrected chi connectivity index (χ0v) is 18.4. The summed E-state index contributed by atoms with van der Waals surface area (Å²) in [6.45, 7) is 16.9. The largest absolute Gasteiger partial charge is 0.442 e. The van der Waals surface area contributed by atoms with Crippen molar-refractivity contribution in [1.82, 2.24) is 0 Å². The lowest BCUT2D eigenvalue weighted by Crippen LogP contribution is -2.54. The van der Waals surface area contributed by atoms with Gasteiger partial charge in [0.05, 0.1) is 0 Å². The van der Waals surface area contributed by atoms with Crippen molar-refractivity contribution >= 4 is 45.2 Å². The summed E-state index contributed by atoms with van der Waals surface area (Å²) in [5.41, 5.74) is 0. The van der Waals surface area contributed by atoms with Gasteiger partial charge in [0.1, 0.15) is 19.5 Å². The van der Waals surface area contributed by atoms with Crippen LogP contribution in [0.3, 0.4) is 0 Å². The van der Waals surface area contributed by atoms with E-state index in [-0.39, 0.29) is 0 Å². The Kier molecular flexibility index (Phi) is 7.28. The second kappa shape index (κ2) is 6.91. The molecule has 0 aromatic rings. The molecule has 0 heterocycles. The Bertz CT molecular complexity index is 212. The molecule has 0 aliphatic heterocycles. The highest BCUT2D eigenvalue weighted by Gasteiger charge is 2.40. The van der Waals surface area contributed by atoms with Crippen LogP contribution in [0.15, 0.2) is 0 Å². The van der Waals surface area contributed by atoms with Crippen LogP contribution in [0.5, 0.6) is 0 Å². The summed E-state index contributed by atoms with van der Waals surface area (Å²) >= 11 is 0. The van der Waals surface area contributed by atoms with E-state index in [4.69, 9.17) is 16.5 Å². The lowest BCUT2D eigenvalue weighted by atomic mass is 11.9. The van der Waals surface area contributed by atoms with Crippen LogP contribution >= 0.6 is 0 Å². The molecule has 17 heavy (non-hydrogen) atoms. The van der Waals surface area contributed by atoms with E-state index in [9.17, 15) is 0 Å².